The van der Waals surface area contributed by atoms with Gasteiger partial charge in [-0.15, -0.1) is 8.78 Å². The van der Waals surface area contributed by atoms with Gasteiger partial charge in [0.1, 0.15) is 0 Å². The van der Waals surface area contributed by atoms with Crippen molar-refractivity contribution < 1.29 is 31.5 Å². The van der Waals surface area contributed by atoms with Crippen molar-refractivity contribution >= 4 is 15.9 Å². The number of hydrogen-bond donors (Lipinski definition) is 1. The second kappa shape index (κ2) is 11.2. The number of alkyl halides is 2. The molecule has 1 amide bonds. The number of carbonyl (C=O) groups is 1. The van der Waals surface area contributed by atoms with Gasteiger partial charge in [-0.1, -0.05) is 58.0 Å². The van der Waals surface area contributed by atoms with Gasteiger partial charge in [-0.2, -0.15) is 0 Å². The summed E-state index contributed by atoms with van der Waals surface area (Å²) in [6.45, 7) is 8.60. The summed E-state index contributed by atoms with van der Waals surface area (Å²) in [5.74, 6) is -0.732. The van der Waals surface area contributed by atoms with Gasteiger partial charge < -0.3 is 14.4 Å². The second-order valence-electron chi connectivity index (χ2n) is 10.9. The predicted molar refractivity (Wildman–Crippen MR) is 149 cm³/mol. The first-order valence-electron chi connectivity index (χ1n) is 13.0. The van der Waals surface area contributed by atoms with Crippen LogP contribution in [-0.4, -0.2) is 39.6 Å². The van der Waals surface area contributed by atoms with Crippen molar-refractivity contribution in [2.75, 3.05) is 14.1 Å². The van der Waals surface area contributed by atoms with E-state index in [1.54, 1.807) is 18.2 Å². The molecule has 0 aliphatic carbocycles. The van der Waals surface area contributed by atoms with Crippen LogP contribution in [0.5, 0.6) is 11.5 Å². The second-order valence-corrected chi connectivity index (χ2v) is 12.5. The Kier molecular flexibility index (Phi) is 8.23. The summed E-state index contributed by atoms with van der Waals surface area (Å²) in [4.78, 5) is 15.1. The van der Waals surface area contributed by atoms with Crippen LogP contribution in [0.15, 0.2) is 59.5 Å². The summed E-state index contributed by atoms with van der Waals surface area (Å²) in [6.07, 6.45) is -3.84. The molecule has 3 aromatic carbocycles. The first-order chi connectivity index (χ1) is 18.6. The summed E-state index contributed by atoms with van der Waals surface area (Å²) in [5.41, 5.74) is 4.85. The van der Waals surface area contributed by atoms with Crippen LogP contribution >= 0.6 is 0 Å². The molecule has 1 N–H and O–H groups in total. The molecule has 1 aliphatic heterocycles. The van der Waals surface area contributed by atoms with Crippen LogP contribution < -0.4 is 14.2 Å². The van der Waals surface area contributed by atoms with E-state index in [1.807, 2.05) is 58.8 Å². The number of halogens is 2. The highest BCUT2D eigenvalue weighted by atomic mass is 32.2. The van der Waals surface area contributed by atoms with Gasteiger partial charge in [-0.05, 0) is 83.6 Å². The largest absolute Gasteiger partial charge is 0.586 e. The van der Waals surface area contributed by atoms with Crippen molar-refractivity contribution in [1.82, 2.24) is 9.62 Å². The van der Waals surface area contributed by atoms with E-state index in [0.29, 0.717) is 12.1 Å². The minimum atomic E-state index is -4.06. The fraction of sp³-hybridized carbons (Fsp3) is 0.367. The Labute approximate surface area is 234 Å². The van der Waals surface area contributed by atoms with E-state index >= 15 is 0 Å². The molecule has 0 spiro atoms. The first-order valence-corrected chi connectivity index (χ1v) is 14.5. The lowest BCUT2D eigenvalue weighted by atomic mass is 9.84. The summed E-state index contributed by atoms with van der Waals surface area (Å²) >= 11 is 0. The zero-order chi connectivity index (χ0) is 29.4. The smallest absolute Gasteiger partial charge is 0.395 e. The molecule has 0 fully saturated rings. The highest BCUT2D eigenvalue weighted by Crippen LogP contribution is 2.44. The van der Waals surface area contributed by atoms with E-state index in [1.165, 1.54) is 24.3 Å². The molecule has 40 heavy (non-hydrogen) atoms. The van der Waals surface area contributed by atoms with Crippen molar-refractivity contribution in [2.45, 2.75) is 63.7 Å². The number of nitrogens with zero attached hydrogens (tertiary/aromatic N) is 1. The minimum absolute atomic E-state index is 0.000516. The molecule has 4 rings (SSSR count). The van der Waals surface area contributed by atoms with E-state index in [9.17, 15) is 22.0 Å². The Bertz CT molecular complexity index is 1490. The van der Waals surface area contributed by atoms with Gasteiger partial charge in [0.25, 0.3) is 10.0 Å². The number of nitrogens with one attached hydrogen (secondary N) is 1. The summed E-state index contributed by atoms with van der Waals surface area (Å²) in [6, 6.07) is 14.9. The normalized spacial score (nSPS) is 14.3. The van der Waals surface area contributed by atoms with Crippen molar-refractivity contribution in [3.8, 4) is 22.6 Å². The van der Waals surface area contributed by atoms with Crippen LogP contribution in [0.1, 0.15) is 61.8 Å². The fourth-order valence-electron chi connectivity index (χ4n) is 4.79. The lowest BCUT2D eigenvalue weighted by Gasteiger charge is -2.22. The molecule has 1 heterocycles. The maximum Gasteiger partial charge on any atom is 0.586 e. The van der Waals surface area contributed by atoms with Crippen LogP contribution in [0.25, 0.3) is 11.1 Å². The molecule has 214 valence electrons. The molecule has 0 radical (unpaired) electrons. The minimum Gasteiger partial charge on any atom is -0.395 e. The Hall–Kier alpha value is -3.50. The van der Waals surface area contributed by atoms with Crippen LogP contribution in [0.4, 0.5) is 8.78 Å². The fourth-order valence-corrected chi connectivity index (χ4v) is 5.78. The number of rotatable bonds is 9. The number of benzene rings is 3. The monoisotopic (exact) mass is 572 g/mol. The number of sulfonamides is 1. The highest BCUT2D eigenvalue weighted by Gasteiger charge is 2.43. The molecule has 0 aromatic heterocycles. The summed E-state index contributed by atoms with van der Waals surface area (Å²) in [5, 5.41) is 0. The molecule has 0 unspecified atom stereocenters. The number of ether oxygens (including phenoxy) is 2. The summed E-state index contributed by atoms with van der Waals surface area (Å²) in [7, 11) is -0.215. The number of carbonyl (C=O) groups excluding carboxylic acids is 1. The average Bonchev–Trinajstić information content (AvgIpc) is 3.16. The van der Waals surface area contributed by atoms with E-state index in [2.05, 4.69) is 14.2 Å². The molecule has 1 aliphatic rings. The van der Waals surface area contributed by atoms with Crippen LogP contribution in [0, 0.1) is 0 Å². The standard InChI is InChI=1S/C30H34F2N2O5S/c1-18(2)24-13-22(21-9-12-27-28(15-21)39-30(31,32)38-27)14-25(19(3)4)26(24)16-29(35)33-40(36,37)23-10-7-20(8-11-23)17-34(5)6/h7-15,18-19H,16-17H2,1-6H3,(H,33,35). The molecule has 10 heteroatoms. The Morgan fingerprint density at radius 2 is 1.45 bits per heavy atom. The Morgan fingerprint density at radius 3 is 2.00 bits per heavy atom. The Balaban J connectivity index is 1.63. The quantitative estimate of drug-likeness (QED) is 0.337. The molecule has 0 saturated heterocycles. The van der Waals surface area contributed by atoms with E-state index in [-0.39, 0.29) is 34.7 Å². The molecular weight excluding hydrogens is 538 g/mol. The van der Waals surface area contributed by atoms with Crippen LogP contribution in [-0.2, 0) is 27.8 Å². The van der Waals surface area contributed by atoms with Gasteiger partial charge in [-0.25, -0.2) is 13.1 Å². The van der Waals surface area contributed by atoms with Crippen molar-refractivity contribution in [1.29, 1.82) is 0 Å². The molecule has 3 aromatic rings. The maximum atomic E-state index is 13.5. The number of hydrogen-bond acceptors (Lipinski definition) is 6. The van der Waals surface area contributed by atoms with E-state index in [0.717, 1.165) is 27.8 Å². The molecule has 0 saturated carbocycles. The van der Waals surface area contributed by atoms with E-state index in [4.69, 9.17) is 0 Å². The zero-order valence-electron chi connectivity index (χ0n) is 23.4. The third-order valence-electron chi connectivity index (χ3n) is 6.62. The van der Waals surface area contributed by atoms with Gasteiger partial charge in [0.05, 0.1) is 11.3 Å². The number of fused-ring (bicyclic) bond motifs is 1. The van der Waals surface area contributed by atoms with Gasteiger partial charge in [-0.3, -0.25) is 4.79 Å². The van der Waals surface area contributed by atoms with Crippen LogP contribution in [0.2, 0.25) is 0 Å². The highest BCUT2D eigenvalue weighted by molar-refractivity contribution is 7.90. The lowest BCUT2D eigenvalue weighted by molar-refractivity contribution is -0.286. The average molecular weight is 573 g/mol. The van der Waals surface area contributed by atoms with Gasteiger partial charge >= 0.3 is 6.29 Å². The van der Waals surface area contributed by atoms with Crippen molar-refractivity contribution in [3.63, 3.8) is 0 Å². The van der Waals surface area contributed by atoms with Crippen molar-refractivity contribution in [3.05, 3.63) is 76.9 Å². The lowest BCUT2D eigenvalue weighted by Crippen LogP contribution is -2.32. The van der Waals surface area contributed by atoms with Crippen LogP contribution in [0.3, 0.4) is 0 Å². The molecule has 0 bridgehead atoms. The predicted octanol–water partition coefficient (Wildman–Crippen LogP) is 6.03. The molecular formula is C30H34F2N2O5S. The van der Waals surface area contributed by atoms with Gasteiger partial charge in [0, 0.05) is 6.54 Å². The molecule has 0 atom stereocenters. The third-order valence-corrected chi connectivity index (χ3v) is 8.00. The van der Waals surface area contributed by atoms with E-state index < -0.39 is 22.2 Å². The third kappa shape index (κ3) is 6.62. The maximum absolute atomic E-state index is 13.5. The topological polar surface area (TPSA) is 84.9 Å². The van der Waals surface area contributed by atoms with Gasteiger partial charge in [0.15, 0.2) is 11.5 Å². The van der Waals surface area contributed by atoms with Gasteiger partial charge in [0.2, 0.25) is 5.91 Å². The summed E-state index contributed by atoms with van der Waals surface area (Å²) < 4.78 is 64.4. The molecule has 7 nitrogen and oxygen atoms in total. The number of amides is 1. The zero-order valence-corrected chi connectivity index (χ0v) is 24.2. The van der Waals surface area contributed by atoms with Crippen molar-refractivity contribution in [2.24, 2.45) is 0 Å². The SMILES string of the molecule is CC(C)c1cc(-c2ccc3c(c2)OC(F)(F)O3)cc(C(C)C)c1CC(=O)NS(=O)(=O)c1ccc(CN(C)C)cc1. The first kappa shape index (κ1) is 29.5. The Morgan fingerprint density at radius 1 is 0.875 bits per heavy atom.